The predicted octanol–water partition coefficient (Wildman–Crippen LogP) is 1.72. The second-order valence-corrected chi connectivity index (χ2v) is 2.98. The summed E-state index contributed by atoms with van der Waals surface area (Å²) >= 11 is 0. The highest BCUT2D eigenvalue weighted by Crippen LogP contribution is 2.25. The molecule has 0 heterocycles. The zero-order valence-electron chi connectivity index (χ0n) is 5.84. The molecule has 6 heteroatoms. The lowest BCUT2D eigenvalue weighted by molar-refractivity contribution is 0.460. The molecule has 0 bridgehead atoms. The third-order valence-electron chi connectivity index (χ3n) is 1.24. The lowest BCUT2D eigenvalue weighted by Crippen LogP contribution is -1.83. The lowest BCUT2D eigenvalue weighted by Gasteiger charge is -2.08. The zero-order valence-corrected chi connectivity index (χ0v) is 6.65. The minimum absolute atomic E-state index is 0.0256. The summed E-state index contributed by atoms with van der Waals surface area (Å²) in [6.07, 6.45) is 0. The zero-order chi connectivity index (χ0) is 9.14. The van der Waals surface area contributed by atoms with E-state index >= 15 is 0 Å². The van der Waals surface area contributed by atoms with Crippen molar-refractivity contribution in [1.82, 2.24) is 0 Å². The molecule has 1 aromatic rings. The van der Waals surface area contributed by atoms with Crippen molar-refractivity contribution in [3.05, 3.63) is 23.1 Å². The van der Waals surface area contributed by atoms with E-state index < -0.39 is 10.8 Å². The number of nitrogens with zero attached hydrogens (tertiary/aromatic N) is 2. The van der Waals surface area contributed by atoms with Crippen molar-refractivity contribution < 1.29 is 9.66 Å². The summed E-state index contributed by atoms with van der Waals surface area (Å²) in [6.45, 7) is 0. The van der Waals surface area contributed by atoms with Gasteiger partial charge in [0.2, 0.25) is 0 Å². The molecule has 2 N–H and O–H groups in total. The van der Waals surface area contributed by atoms with Gasteiger partial charge < -0.3 is 14.3 Å². The van der Waals surface area contributed by atoms with Gasteiger partial charge in [-0.2, -0.15) is 10.8 Å². The average Bonchev–Trinajstić information content (AvgIpc) is 2.03. The highest BCUT2D eigenvalue weighted by molar-refractivity contribution is 7.77. The van der Waals surface area contributed by atoms with Crippen molar-refractivity contribution in [3.63, 3.8) is 0 Å². The number of benzene rings is 1. The van der Waals surface area contributed by atoms with Crippen molar-refractivity contribution >= 4 is 16.5 Å². The van der Waals surface area contributed by atoms with Crippen molar-refractivity contribution in [2.45, 2.75) is 4.90 Å². The number of phenols is 1. The summed E-state index contributed by atoms with van der Waals surface area (Å²) in [5.41, 5.74) is 0.0432. The first-order valence-electron chi connectivity index (χ1n) is 2.94. The lowest BCUT2D eigenvalue weighted by atomic mass is 10.3. The quantitative estimate of drug-likeness (QED) is 0.514. The fourth-order valence-electron chi connectivity index (χ4n) is 0.717. The molecule has 1 rings (SSSR count). The molecule has 64 valence electrons. The Labute approximate surface area is 70.4 Å². The number of hydrogen-bond donors (Lipinski definition) is 2. The first-order valence-corrected chi connectivity index (χ1v) is 4.08. The van der Waals surface area contributed by atoms with Crippen LogP contribution in [0.5, 0.6) is 5.75 Å². The summed E-state index contributed by atoms with van der Waals surface area (Å²) in [6, 6.07) is 3.58. The van der Waals surface area contributed by atoms with Crippen LogP contribution >= 0.6 is 0 Å². The molecule has 0 saturated heterocycles. The SMILES string of the molecule is N#[S-](O)c1ccc(N=O)cc1O. The van der Waals surface area contributed by atoms with Gasteiger partial charge in [-0.25, -0.2) is 0 Å². The normalized spacial score (nSPS) is 10.1. The molecule has 0 aromatic heterocycles. The van der Waals surface area contributed by atoms with Crippen molar-refractivity contribution in [2.24, 2.45) is 5.18 Å². The Balaban J connectivity index is 3.23. The van der Waals surface area contributed by atoms with Crippen LogP contribution in [-0.2, 0) is 10.8 Å². The number of nitroso groups, excluding NO2 is 1. The van der Waals surface area contributed by atoms with E-state index in [1.807, 2.05) is 0 Å². The van der Waals surface area contributed by atoms with Crippen molar-refractivity contribution in [3.8, 4) is 5.75 Å². The minimum Gasteiger partial charge on any atom is -0.509 e. The maximum Gasteiger partial charge on any atom is 0.111 e. The van der Waals surface area contributed by atoms with Gasteiger partial charge in [0.15, 0.2) is 0 Å². The van der Waals surface area contributed by atoms with Crippen LogP contribution in [0.4, 0.5) is 5.69 Å². The Morgan fingerprint density at radius 2 is 2.17 bits per heavy atom. The molecule has 0 unspecified atom stereocenters. The Morgan fingerprint density at radius 3 is 2.58 bits per heavy atom. The topological polar surface area (TPSA) is 93.7 Å². The third kappa shape index (κ3) is 1.62. The van der Waals surface area contributed by atoms with E-state index in [1.165, 1.54) is 12.1 Å². The molecule has 1 aromatic carbocycles. The maximum atomic E-state index is 9.96. The molecular formula is C6H5N2O3S-. The molecule has 0 spiro atoms. The van der Waals surface area contributed by atoms with E-state index in [9.17, 15) is 4.91 Å². The van der Waals surface area contributed by atoms with Gasteiger partial charge in [-0.3, -0.25) is 0 Å². The van der Waals surface area contributed by atoms with Crippen LogP contribution in [0.15, 0.2) is 28.3 Å². The van der Waals surface area contributed by atoms with Gasteiger partial charge in [-0.15, -0.1) is 4.91 Å². The van der Waals surface area contributed by atoms with Gasteiger partial charge in [0, 0.05) is 6.07 Å². The average molecular weight is 185 g/mol. The van der Waals surface area contributed by atoms with Gasteiger partial charge in [-0.05, 0) is 11.2 Å². The number of rotatable bonds is 1. The van der Waals surface area contributed by atoms with Gasteiger partial charge in [-0.1, -0.05) is 11.0 Å². The van der Waals surface area contributed by atoms with Crippen LogP contribution < -0.4 is 0 Å². The van der Waals surface area contributed by atoms with Crippen LogP contribution in [0.2, 0.25) is 0 Å². The largest absolute Gasteiger partial charge is 0.509 e. The number of aromatic hydroxyl groups is 1. The summed E-state index contributed by atoms with van der Waals surface area (Å²) in [4.78, 5) is 9.93. The fourth-order valence-corrected chi connectivity index (χ4v) is 1.15. The van der Waals surface area contributed by atoms with Crippen LogP contribution in [0.1, 0.15) is 0 Å². The van der Waals surface area contributed by atoms with E-state index in [4.69, 9.17) is 14.3 Å². The van der Waals surface area contributed by atoms with Crippen molar-refractivity contribution in [1.29, 1.82) is 4.61 Å². The Morgan fingerprint density at radius 1 is 1.50 bits per heavy atom. The van der Waals surface area contributed by atoms with Gasteiger partial charge in [0.25, 0.3) is 0 Å². The molecule has 0 aliphatic heterocycles. The Kier molecular flexibility index (Phi) is 2.44. The molecule has 0 fully saturated rings. The molecular weight excluding hydrogens is 180 g/mol. The van der Waals surface area contributed by atoms with Crippen LogP contribution in [0, 0.1) is 9.52 Å². The van der Waals surface area contributed by atoms with Gasteiger partial charge in [0.05, 0.1) is 0 Å². The Hall–Kier alpha value is -1.36. The summed E-state index contributed by atoms with van der Waals surface area (Å²) in [7, 11) is -1.99. The molecule has 0 amide bonds. The molecule has 12 heavy (non-hydrogen) atoms. The van der Waals surface area contributed by atoms with E-state index in [2.05, 4.69) is 5.18 Å². The molecule has 5 nitrogen and oxygen atoms in total. The van der Waals surface area contributed by atoms with Crippen molar-refractivity contribution in [2.75, 3.05) is 0 Å². The molecule has 0 radical (unpaired) electrons. The smallest absolute Gasteiger partial charge is 0.111 e. The Bertz CT molecular complexity index is 382. The highest BCUT2D eigenvalue weighted by Gasteiger charge is 1.97. The second-order valence-electron chi connectivity index (χ2n) is 2.01. The number of phenolic OH excluding ortho intramolecular Hbond substituents is 1. The molecule has 0 aliphatic rings. The predicted molar refractivity (Wildman–Crippen MR) is 43.5 cm³/mol. The van der Waals surface area contributed by atoms with E-state index in [0.29, 0.717) is 0 Å². The second kappa shape index (κ2) is 3.36. The first kappa shape index (κ1) is 8.73. The third-order valence-corrected chi connectivity index (χ3v) is 1.98. The van der Waals surface area contributed by atoms with Crippen LogP contribution in [0.3, 0.4) is 0 Å². The summed E-state index contributed by atoms with van der Waals surface area (Å²) < 4.78 is 17.4. The van der Waals surface area contributed by atoms with E-state index in [1.54, 1.807) is 0 Å². The van der Waals surface area contributed by atoms with Gasteiger partial charge >= 0.3 is 0 Å². The standard InChI is InChI=1S/C6H5N2O3S/c7-12(11)6-2-1-4(8-10)3-5(6)9/h1-3,9,11H/q-1. The molecule has 0 aliphatic carbocycles. The van der Waals surface area contributed by atoms with Crippen LogP contribution in [0.25, 0.3) is 0 Å². The monoisotopic (exact) mass is 185 g/mol. The van der Waals surface area contributed by atoms with E-state index in [0.717, 1.165) is 6.07 Å². The fraction of sp³-hybridized carbons (Fsp3) is 0. The maximum absolute atomic E-state index is 9.96. The van der Waals surface area contributed by atoms with Gasteiger partial charge in [0.1, 0.15) is 11.4 Å². The molecule has 0 saturated carbocycles. The molecule has 0 atom stereocenters. The first-order chi connectivity index (χ1) is 5.65. The minimum atomic E-state index is -1.99. The highest BCUT2D eigenvalue weighted by atomic mass is 32.2. The van der Waals surface area contributed by atoms with E-state index in [-0.39, 0.29) is 16.3 Å². The summed E-state index contributed by atoms with van der Waals surface area (Å²) in [5.74, 6) is -0.347. The summed E-state index contributed by atoms with van der Waals surface area (Å²) in [5, 5.41) is 11.6. The van der Waals surface area contributed by atoms with Crippen LogP contribution in [-0.4, -0.2) is 9.66 Å². The number of hydrogen-bond acceptors (Lipinski definition) is 6.